The molecule has 0 aliphatic carbocycles. The molecule has 4 amide bonds. The number of hydrogen-bond donors (Lipinski definition) is 4. The largest absolute Gasteiger partial charge is 0.466 e. The van der Waals surface area contributed by atoms with Gasteiger partial charge in [0, 0.05) is 24.3 Å². The predicted molar refractivity (Wildman–Crippen MR) is 107 cm³/mol. The highest BCUT2D eigenvalue weighted by Crippen LogP contribution is 2.22. The van der Waals surface area contributed by atoms with Gasteiger partial charge >= 0.3 is 18.1 Å². The van der Waals surface area contributed by atoms with Crippen LogP contribution in [0.2, 0.25) is 0 Å². The summed E-state index contributed by atoms with van der Waals surface area (Å²) < 4.78 is 9.22. The summed E-state index contributed by atoms with van der Waals surface area (Å²) in [4.78, 5) is 48.5. The van der Waals surface area contributed by atoms with E-state index in [0.717, 1.165) is 0 Å². The van der Waals surface area contributed by atoms with E-state index in [0.29, 0.717) is 24.2 Å². The van der Waals surface area contributed by atoms with Crippen LogP contribution in [0.4, 0.5) is 15.3 Å². The van der Waals surface area contributed by atoms with Crippen molar-refractivity contribution < 1.29 is 28.7 Å². The van der Waals surface area contributed by atoms with E-state index in [9.17, 15) is 19.2 Å². The lowest BCUT2D eigenvalue weighted by Gasteiger charge is -2.18. The fourth-order valence-electron chi connectivity index (χ4n) is 2.82. The third-order valence-electron chi connectivity index (χ3n) is 4.31. The summed E-state index contributed by atoms with van der Waals surface area (Å²) in [5.41, 5.74) is 1.06. The van der Waals surface area contributed by atoms with Gasteiger partial charge in [-0.1, -0.05) is 0 Å². The van der Waals surface area contributed by atoms with Crippen LogP contribution in [0.1, 0.15) is 25.3 Å². The maximum absolute atomic E-state index is 12.6. The van der Waals surface area contributed by atoms with Crippen molar-refractivity contribution in [1.29, 1.82) is 5.41 Å². The number of urea groups is 1. The van der Waals surface area contributed by atoms with Crippen molar-refractivity contribution in [2.45, 2.75) is 25.8 Å². The number of ether oxygens (including phenoxy) is 2. The van der Waals surface area contributed by atoms with Crippen LogP contribution in [0.3, 0.4) is 0 Å². The van der Waals surface area contributed by atoms with Gasteiger partial charge in [0.2, 0.25) is 5.91 Å². The summed E-state index contributed by atoms with van der Waals surface area (Å²) in [5, 5.41) is 15.2. The molecule has 0 saturated carbocycles. The van der Waals surface area contributed by atoms with Gasteiger partial charge in [-0.15, -0.1) is 0 Å². The predicted octanol–water partition coefficient (Wildman–Crippen LogP) is 0.726. The first-order chi connectivity index (χ1) is 14.3. The van der Waals surface area contributed by atoms with Crippen molar-refractivity contribution in [3.63, 3.8) is 0 Å². The van der Waals surface area contributed by atoms with Gasteiger partial charge in [-0.25, -0.2) is 9.59 Å². The average molecular weight is 419 g/mol. The number of esters is 1. The smallest absolute Gasteiger partial charge is 0.412 e. The van der Waals surface area contributed by atoms with Crippen molar-refractivity contribution >= 4 is 35.5 Å². The van der Waals surface area contributed by atoms with E-state index in [4.69, 9.17) is 10.1 Å². The Balaban J connectivity index is 1.86. The van der Waals surface area contributed by atoms with Crippen molar-refractivity contribution in [1.82, 2.24) is 16.0 Å². The van der Waals surface area contributed by atoms with Crippen molar-refractivity contribution in [3.05, 3.63) is 29.8 Å². The molecule has 1 atom stereocenters. The molecule has 1 saturated heterocycles. The molecule has 1 fully saturated rings. The molecule has 0 aromatic heterocycles. The lowest BCUT2D eigenvalue weighted by atomic mass is 10.2. The van der Waals surface area contributed by atoms with Crippen molar-refractivity contribution in [3.8, 4) is 0 Å². The molecule has 0 spiro atoms. The van der Waals surface area contributed by atoms with E-state index in [-0.39, 0.29) is 31.3 Å². The standard InChI is InChI=1S/C19H25N5O6/c1-3-30-15(25)8-10-21-18(27)22-14-9-11-24(17(14)26)13-6-4-12(5-7-13)16(20)23-19(28)29-2/h4-7,14H,3,8-11H2,1-2H3,(H2,20,23,28)(H2,21,22,27)/t14-/m0/s1. The number of nitrogens with one attached hydrogen (secondary N) is 4. The molecule has 0 unspecified atom stereocenters. The van der Waals surface area contributed by atoms with Gasteiger partial charge in [0.15, 0.2) is 0 Å². The zero-order valence-corrected chi connectivity index (χ0v) is 16.8. The zero-order valence-electron chi connectivity index (χ0n) is 16.8. The number of methoxy groups -OCH3 is 1. The summed E-state index contributed by atoms with van der Waals surface area (Å²) in [6, 6.07) is 5.31. The minimum absolute atomic E-state index is 0.0538. The highest BCUT2D eigenvalue weighted by atomic mass is 16.5. The van der Waals surface area contributed by atoms with Crippen LogP contribution in [-0.2, 0) is 19.1 Å². The van der Waals surface area contributed by atoms with E-state index >= 15 is 0 Å². The van der Waals surface area contributed by atoms with Crippen LogP contribution in [0, 0.1) is 5.41 Å². The lowest BCUT2D eigenvalue weighted by Crippen LogP contribution is -2.46. The average Bonchev–Trinajstić information content (AvgIpc) is 3.08. The maximum Gasteiger partial charge on any atom is 0.412 e. The normalized spacial score (nSPS) is 15.3. The minimum Gasteiger partial charge on any atom is -0.466 e. The minimum atomic E-state index is -0.742. The van der Waals surface area contributed by atoms with Gasteiger partial charge in [0.1, 0.15) is 11.9 Å². The number of hydrogen-bond acceptors (Lipinski definition) is 7. The lowest BCUT2D eigenvalue weighted by molar-refractivity contribution is -0.142. The van der Waals surface area contributed by atoms with Crippen molar-refractivity contribution in [2.24, 2.45) is 0 Å². The number of carbonyl (C=O) groups is 4. The summed E-state index contributed by atoms with van der Waals surface area (Å²) in [6.07, 6.45) is -0.252. The molecule has 1 aromatic carbocycles. The molecule has 0 radical (unpaired) electrons. The van der Waals surface area contributed by atoms with Gasteiger partial charge in [-0.2, -0.15) is 0 Å². The number of nitrogens with zero attached hydrogens (tertiary/aromatic N) is 1. The maximum atomic E-state index is 12.6. The van der Waals surface area contributed by atoms with Crippen LogP contribution in [-0.4, -0.2) is 62.7 Å². The highest BCUT2D eigenvalue weighted by Gasteiger charge is 2.33. The second kappa shape index (κ2) is 10.8. The summed E-state index contributed by atoms with van der Waals surface area (Å²) >= 11 is 0. The van der Waals surface area contributed by atoms with Crippen LogP contribution in [0.25, 0.3) is 0 Å². The SMILES string of the molecule is CCOC(=O)CCNC(=O)N[C@H]1CCN(c2ccc(C(=N)NC(=O)OC)cc2)C1=O. The quantitative estimate of drug-likeness (QED) is 0.291. The van der Waals surface area contributed by atoms with E-state index in [2.05, 4.69) is 20.7 Å². The topological polar surface area (TPSA) is 150 Å². The fourth-order valence-corrected chi connectivity index (χ4v) is 2.82. The van der Waals surface area contributed by atoms with Gasteiger partial charge in [-0.3, -0.25) is 20.3 Å². The first-order valence-corrected chi connectivity index (χ1v) is 9.41. The first-order valence-electron chi connectivity index (χ1n) is 9.41. The summed E-state index contributed by atoms with van der Waals surface area (Å²) in [6.45, 7) is 2.51. The molecule has 30 heavy (non-hydrogen) atoms. The number of benzene rings is 1. The zero-order chi connectivity index (χ0) is 22.1. The number of rotatable bonds is 7. The second-order valence-corrected chi connectivity index (χ2v) is 6.32. The third-order valence-corrected chi connectivity index (χ3v) is 4.31. The summed E-state index contributed by atoms with van der Waals surface area (Å²) in [7, 11) is 1.20. The number of carbonyl (C=O) groups excluding carboxylic acids is 4. The Hall–Kier alpha value is -3.63. The van der Waals surface area contributed by atoms with Crippen LogP contribution in [0.5, 0.6) is 0 Å². The molecule has 162 valence electrons. The molecule has 11 heteroatoms. The number of amides is 4. The van der Waals surface area contributed by atoms with Crippen LogP contribution >= 0.6 is 0 Å². The Kier molecular flexibility index (Phi) is 8.15. The Morgan fingerprint density at radius 1 is 1.23 bits per heavy atom. The van der Waals surface area contributed by atoms with E-state index in [1.165, 1.54) is 12.0 Å². The Labute approximate surface area is 173 Å². The summed E-state index contributed by atoms with van der Waals surface area (Å²) in [5.74, 6) is -0.787. The fraction of sp³-hybridized carbons (Fsp3) is 0.421. The Morgan fingerprint density at radius 3 is 2.57 bits per heavy atom. The molecular weight excluding hydrogens is 394 g/mol. The van der Waals surface area contributed by atoms with E-state index < -0.39 is 24.1 Å². The molecule has 1 heterocycles. The monoisotopic (exact) mass is 419 g/mol. The molecule has 11 nitrogen and oxygen atoms in total. The molecule has 4 N–H and O–H groups in total. The van der Waals surface area contributed by atoms with Crippen molar-refractivity contribution in [2.75, 3.05) is 31.7 Å². The Bertz CT molecular complexity index is 810. The number of amidine groups is 1. The third kappa shape index (κ3) is 6.19. The highest BCUT2D eigenvalue weighted by molar-refractivity contribution is 6.05. The number of anilines is 1. The van der Waals surface area contributed by atoms with Gasteiger partial charge in [0.25, 0.3) is 0 Å². The molecule has 1 aromatic rings. The molecular formula is C19H25N5O6. The van der Waals surface area contributed by atoms with Gasteiger partial charge in [-0.05, 0) is 37.6 Å². The molecule has 1 aliphatic heterocycles. The first kappa shape index (κ1) is 22.7. The molecule has 2 rings (SSSR count). The van der Waals surface area contributed by atoms with E-state index in [1.54, 1.807) is 31.2 Å². The van der Waals surface area contributed by atoms with Crippen LogP contribution in [0.15, 0.2) is 24.3 Å². The van der Waals surface area contributed by atoms with Crippen LogP contribution < -0.4 is 20.9 Å². The Morgan fingerprint density at radius 2 is 1.93 bits per heavy atom. The van der Waals surface area contributed by atoms with Gasteiger partial charge in [0.05, 0.1) is 20.1 Å². The molecule has 0 bridgehead atoms. The van der Waals surface area contributed by atoms with Gasteiger partial charge < -0.3 is 25.0 Å². The van der Waals surface area contributed by atoms with E-state index in [1.807, 2.05) is 0 Å². The second-order valence-electron chi connectivity index (χ2n) is 6.32. The molecule has 1 aliphatic rings. The number of alkyl carbamates (subject to hydrolysis) is 1.